The Kier molecular flexibility index (Phi) is 5.76. The molecule has 0 bridgehead atoms. The van der Waals surface area contributed by atoms with Gasteiger partial charge in [0, 0.05) is 52.3 Å². The molecule has 2 aliphatic heterocycles. The van der Waals surface area contributed by atoms with Gasteiger partial charge < -0.3 is 15.0 Å². The third kappa shape index (κ3) is 4.45. The number of hydrazine groups is 1. The van der Waals surface area contributed by atoms with Crippen LogP contribution in [0.5, 0.6) is 0 Å². The summed E-state index contributed by atoms with van der Waals surface area (Å²) in [6.45, 7) is 3.73. The number of hydrogen-bond acceptors (Lipinski definition) is 6. The molecule has 0 radical (unpaired) electrons. The Hall–Kier alpha value is -2.46. The standard InChI is InChI=1S/C17H23F2N5O3/c1-11(25)20-9-13-10-24(17(26)27-13)12-7-14(18)16(15(19)8-12)23-4-3-21-22(2)5-6-23/h7-8,13,21H,3-6,9-10H2,1-2H3,(H,20,25). The van der Waals surface area contributed by atoms with Crippen LogP contribution in [0.15, 0.2) is 12.1 Å². The van der Waals surface area contributed by atoms with E-state index in [-0.39, 0.29) is 30.4 Å². The maximum Gasteiger partial charge on any atom is 0.414 e. The van der Waals surface area contributed by atoms with Gasteiger partial charge in [-0.2, -0.15) is 0 Å². The molecular weight excluding hydrogens is 360 g/mol. The van der Waals surface area contributed by atoms with E-state index in [1.54, 1.807) is 4.90 Å². The highest BCUT2D eigenvalue weighted by molar-refractivity contribution is 5.90. The first kappa shape index (κ1) is 19.3. The molecule has 27 heavy (non-hydrogen) atoms. The Morgan fingerprint density at radius 2 is 2.00 bits per heavy atom. The maximum atomic E-state index is 14.7. The normalized spacial score (nSPS) is 21.2. The van der Waals surface area contributed by atoms with Crippen LogP contribution < -0.4 is 20.5 Å². The molecule has 2 N–H and O–H groups in total. The molecule has 1 aromatic carbocycles. The highest BCUT2D eigenvalue weighted by Crippen LogP contribution is 2.31. The topological polar surface area (TPSA) is 77.2 Å². The van der Waals surface area contributed by atoms with Crippen LogP contribution in [-0.4, -0.2) is 69.4 Å². The number of likely N-dealkylation sites (N-methyl/N-ethyl adjacent to an activating group) is 1. The van der Waals surface area contributed by atoms with Crippen LogP contribution in [0.1, 0.15) is 6.92 Å². The van der Waals surface area contributed by atoms with Crippen LogP contribution >= 0.6 is 0 Å². The zero-order valence-electron chi connectivity index (χ0n) is 15.3. The second-order valence-electron chi connectivity index (χ2n) is 6.63. The lowest BCUT2D eigenvalue weighted by molar-refractivity contribution is -0.119. The van der Waals surface area contributed by atoms with Crippen LogP contribution in [0.2, 0.25) is 0 Å². The fourth-order valence-corrected chi connectivity index (χ4v) is 3.17. The van der Waals surface area contributed by atoms with Crippen LogP contribution in [-0.2, 0) is 9.53 Å². The molecule has 2 fully saturated rings. The summed E-state index contributed by atoms with van der Waals surface area (Å²) in [6.07, 6.45) is -1.27. The van der Waals surface area contributed by atoms with Gasteiger partial charge >= 0.3 is 6.09 Å². The van der Waals surface area contributed by atoms with Gasteiger partial charge in [0.15, 0.2) is 11.6 Å². The van der Waals surface area contributed by atoms with Crippen molar-refractivity contribution in [3.8, 4) is 0 Å². The van der Waals surface area contributed by atoms with Crippen LogP contribution in [0.4, 0.5) is 25.0 Å². The predicted octanol–water partition coefficient (Wildman–Crippen LogP) is 0.682. The highest BCUT2D eigenvalue weighted by Gasteiger charge is 2.33. The molecule has 1 atom stereocenters. The van der Waals surface area contributed by atoms with Crippen molar-refractivity contribution in [1.82, 2.24) is 15.8 Å². The summed E-state index contributed by atoms with van der Waals surface area (Å²) in [7, 11) is 1.87. The van der Waals surface area contributed by atoms with Crippen molar-refractivity contribution >= 4 is 23.4 Å². The molecule has 8 nitrogen and oxygen atoms in total. The van der Waals surface area contributed by atoms with E-state index in [2.05, 4.69) is 10.7 Å². The lowest BCUT2D eigenvalue weighted by Crippen LogP contribution is -2.34. The summed E-state index contributed by atoms with van der Waals surface area (Å²) in [5.41, 5.74) is 3.11. The highest BCUT2D eigenvalue weighted by atomic mass is 19.1. The average molecular weight is 383 g/mol. The molecule has 10 heteroatoms. The average Bonchev–Trinajstić information content (AvgIpc) is 2.84. The Bertz CT molecular complexity index is 710. The monoisotopic (exact) mass is 383 g/mol. The van der Waals surface area contributed by atoms with E-state index < -0.39 is 23.8 Å². The predicted molar refractivity (Wildman–Crippen MR) is 95.5 cm³/mol. The SMILES string of the molecule is CC(=O)NCC1CN(c2cc(F)c(N3CCNN(C)CC3)c(F)c2)C(=O)O1. The van der Waals surface area contributed by atoms with Gasteiger partial charge in [-0.15, -0.1) is 0 Å². The number of halogens is 2. The zero-order valence-corrected chi connectivity index (χ0v) is 15.3. The van der Waals surface area contributed by atoms with Gasteiger partial charge in [-0.1, -0.05) is 0 Å². The van der Waals surface area contributed by atoms with Gasteiger partial charge in [-0.3, -0.25) is 15.1 Å². The van der Waals surface area contributed by atoms with Crippen molar-refractivity contribution in [3.63, 3.8) is 0 Å². The number of nitrogens with one attached hydrogen (secondary N) is 2. The van der Waals surface area contributed by atoms with E-state index >= 15 is 0 Å². The van der Waals surface area contributed by atoms with Gasteiger partial charge in [0.05, 0.1) is 18.8 Å². The quantitative estimate of drug-likeness (QED) is 0.797. The number of carbonyl (C=O) groups excluding carboxylic acids is 2. The molecule has 2 amide bonds. The fraction of sp³-hybridized carbons (Fsp3) is 0.529. The van der Waals surface area contributed by atoms with Gasteiger partial charge in [-0.25, -0.2) is 18.6 Å². The van der Waals surface area contributed by atoms with Crippen molar-refractivity contribution in [2.24, 2.45) is 0 Å². The number of hydrogen-bond donors (Lipinski definition) is 2. The smallest absolute Gasteiger partial charge is 0.414 e. The lowest BCUT2D eigenvalue weighted by Gasteiger charge is -2.24. The number of ether oxygens (including phenoxy) is 1. The van der Waals surface area contributed by atoms with E-state index in [4.69, 9.17) is 4.74 Å². The van der Waals surface area contributed by atoms with Gasteiger partial charge in [-0.05, 0) is 0 Å². The van der Waals surface area contributed by atoms with Gasteiger partial charge in [0.1, 0.15) is 11.8 Å². The number of carbonyl (C=O) groups is 2. The van der Waals surface area contributed by atoms with Crippen molar-refractivity contribution in [2.75, 3.05) is 56.1 Å². The molecule has 0 aliphatic carbocycles. The molecule has 0 spiro atoms. The van der Waals surface area contributed by atoms with Crippen molar-refractivity contribution in [3.05, 3.63) is 23.8 Å². The molecule has 1 unspecified atom stereocenters. The summed E-state index contributed by atoms with van der Waals surface area (Å²) in [4.78, 5) is 25.8. The third-order valence-electron chi connectivity index (χ3n) is 4.55. The molecule has 2 aliphatic rings. The van der Waals surface area contributed by atoms with E-state index in [0.29, 0.717) is 26.2 Å². The Labute approximate surface area is 156 Å². The summed E-state index contributed by atoms with van der Waals surface area (Å²) in [5, 5.41) is 4.43. The van der Waals surface area contributed by atoms with E-state index in [0.717, 1.165) is 12.1 Å². The molecule has 3 rings (SSSR count). The minimum absolute atomic E-state index is 0.0918. The van der Waals surface area contributed by atoms with Crippen LogP contribution in [0, 0.1) is 11.6 Å². The number of cyclic esters (lactones) is 1. The first-order valence-electron chi connectivity index (χ1n) is 8.76. The van der Waals surface area contributed by atoms with E-state index in [1.807, 2.05) is 12.1 Å². The molecule has 2 saturated heterocycles. The molecular formula is C17H23F2N5O3. The minimum Gasteiger partial charge on any atom is -0.442 e. The first-order valence-corrected chi connectivity index (χ1v) is 8.76. The van der Waals surface area contributed by atoms with Crippen LogP contribution in [0.3, 0.4) is 0 Å². The zero-order chi connectivity index (χ0) is 19.6. The van der Waals surface area contributed by atoms with Crippen molar-refractivity contribution in [2.45, 2.75) is 13.0 Å². The van der Waals surface area contributed by atoms with E-state index in [1.165, 1.54) is 11.8 Å². The first-order chi connectivity index (χ1) is 12.8. The Morgan fingerprint density at radius 1 is 1.30 bits per heavy atom. The summed E-state index contributed by atoms with van der Waals surface area (Å²) in [6, 6.07) is 2.28. The second kappa shape index (κ2) is 8.05. The van der Waals surface area contributed by atoms with Crippen molar-refractivity contribution in [1.29, 1.82) is 0 Å². The largest absolute Gasteiger partial charge is 0.442 e. The minimum atomic E-state index is -0.729. The number of benzene rings is 1. The maximum absolute atomic E-state index is 14.7. The van der Waals surface area contributed by atoms with Crippen molar-refractivity contribution < 1.29 is 23.1 Å². The van der Waals surface area contributed by atoms with Crippen LogP contribution in [0.25, 0.3) is 0 Å². The number of anilines is 2. The molecule has 0 saturated carbocycles. The van der Waals surface area contributed by atoms with E-state index in [9.17, 15) is 18.4 Å². The number of amides is 2. The Morgan fingerprint density at radius 3 is 2.67 bits per heavy atom. The van der Waals surface area contributed by atoms with Gasteiger partial charge in [0.2, 0.25) is 5.91 Å². The molecule has 0 aromatic heterocycles. The Balaban J connectivity index is 1.76. The summed E-state index contributed by atoms with van der Waals surface area (Å²) in [5.74, 6) is -1.70. The lowest BCUT2D eigenvalue weighted by atomic mass is 10.2. The number of nitrogens with zero attached hydrogens (tertiary/aromatic N) is 3. The third-order valence-corrected chi connectivity index (χ3v) is 4.55. The number of rotatable bonds is 4. The molecule has 1 aromatic rings. The molecule has 2 heterocycles. The van der Waals surface area contributed by atoms with Gasteiger partial charge in [0.25, 0.3) is 0 Å². The second-order valence-corrected chi connectivity index (χ2v) is 6.63. The summed E-state index contributed by atoms with van der Waals surface area (Å²) < 4.78 is 34.5. The molecule has 148 valence electrons. The summed E-state index contributed by atoms with van der Waals surface area (Å²) >= 11 is 0. The fourth-order valence-electron chi connectivity index (χ4n) is 3.17.